The minimum Gasteiger partial charge on any atom is -0.280 e. The Bertz CT molecular complexity index is 1170. The van der Waals surface area contributed by atoms with Gasteiger partial charge in [0.15, 0.2) is 5.82 Å². The standard InChI is InChI=1S/C26H19N3/c1-4-11-20(12-5-1)23-17-10-18-24(21-13-6-2-7-14-21)25(23)29-19-27-28-26(29)22-15-8-3-9-16-22/h1-19H. The van der Waals surface area contributed by atoms with Gasteiger partial charge in [-0.2, -0.15) is 0 Å². The van der Waals surface area contributed by atoms with E-state index >= 15 is 0 Å². The summed E-state index contributed by atoms with van der Waals surface area (Å²) in [6, 6.07) is 37.5. The molecule has 0 fully saturated rings. The molecular formula is C26H19N3. The molecule has 1 aromatic heterocycles. The summed E-state index contributed by atoms with van der Waals surface area (Å²) < 4.78 is 2.10. The van der Waals surface area contributed by atoms with Crippen LogP contribution in [0.2, 0.25) is 0 Å². The predicted molar refractivity (Wildman–Crippen MR) is 118 cm³/mol. The van der Waals surface area contributed by atoms with E-state index in [0.29, 0.717) is 0 Å². The summed E-state index contributed by atoms with van der Waals surface area (Å²) in [5, 5.41) is 8.70. The van der Waals surface area contributed by atoms with Crippen molar-refractivity contribution in [3.8, 4) is 39.3 Å². The highest BCUT2D eigenvalue weighted by Gasteiger charge is 2.17. The molecule has 5 rings (SSSR count). The molecular weight excluding hydrogens is 354 g/mol. The largest absolute Gasteiger partial charge is 0.280 e. The zero-order valence-corrected chi connectivity index (χ0v) is 15.8. The van der Waals surface area contributed by atoms with Gasteiger partial charge in [-0.15, -0.1) is 10.2 Å². The maximum Gasteiger partial charge on any atom is 0.168 e. The molecule has 138 valence electrons. The summed E-state index contributed by atoms with van der Waals surface area (Å²) in [5.74, 6) is 0.825. The molecule has 0 spiro atoms. The molecule has 0 saturated carbocycles. The summed E-state index contributed by atoms with van der Waals surface area (Å²) in [6.07, 6.45) is 1.80. The first-order chi connectivity index (χ1) is 14.4. The van der Waals surface area contributed by atoms with E-state index in [1.165, 1.54) is 0 Å². The maximum atomic E-state index is 4.45. The van der Waals surface area contributed by atoms with Crippen LogP contribution in [-0.2, 0) is 0 Å². The van der Waals surface area contributed by atoms with Crippen LogP contribution in [-0.4, -0.2) is 14.8 Å². The molecule has 0 unspecified atom stereocenters. The molecule has 0 amide bonds. The van der Waals surface area contributed by atoms with Crippen molar-refractivity contribution in [2.45, 2.75) is 0 Å². The minimum absolute atomic E-state index is 0.825. The zero-order valence-electron chi connectivity index (χ0n) is 15.8. The Hall–Kier alpha value is -3.98. The van der Waals surface area contributed by atoms with Gasteiger partial charge in [0.1, 0.15) is 6.33 Å². The number of aromatic nitrogens is 3. The lowest BCUT2D eigenvalue weighted by molar-refractivity contribution is 1.07. The van der Waals surface area contributed by atoms with Gasteiger partial charge >= 0.3 is 0 Å². The third-order valence-electron chi connectivity index (χ3n) is 5.03. The number of rotatable bonds is 4. The van der Waals surface area contributed by atoms with Crippen molar-refractivity contribution in [3.63, 3.8) is 0 Å². The Labute approximate surface area is 169 Å². The number of hydrogen-bond donors (Lipinski definition) is 0. The lowest BCUT2D eigenvalue weighted by Crippen LogP contribution is -2.02. The van der Waals surface area contributed by atoms with Crippen LogP contribution in [0, 0.1) is 0 Å². The van der Waals surface area contributed by atoms with Crippen LogP contribution in [0.3, 0.4) is 0 Å². The molecule has 5 aromatic rings. The van der Waals surface area contributed by atoms with Gasteiger partial charge in [-0.25, -0.2) is 0 Å². The molecule has 0 aliphatic rings. The SMILES string of the molecule is c1ccc(-c2cccc(-c3ccccc3)c2-n2cnnc2-c2ccccc2)cc1. The lowest BCUT2D eigenvalue weighted by atomic mass is 9.95. The lowest BCUT2D eigenvalue weighted by Gasteiger charge is -2.18. The van der Waals surface area contributed by atoms with Gasteiger partial charge < -0.3 is 0 Å². The summed E-state index contributed by atoms with van der Waals surface area (Å²) in [5.41, 5.74) is 6.72. The second-order valence-corrected chi connectivity index (χ2v) is 6.82. The van der Waals surface area contributed by atoms with Gasteiger partial charge in [-0.3, -0.25) is 4.57 Å². The Morgan fingerprint density at radius 1 is 0.483 bits per heavy atom. The Morgan fingerprint density at radius 3 is 1.48 bits per heavy atom. The van der Waals surface area contributed by atoms with Crippen molar-refractivity contribution in [1.29, 1.82) is 0 Å². The first-order valence-electron chi connectivity index (χ1n) is 9.61. The van der Waals surface area contributed by atoms with Gasteiger partial charge in [0, 0.05) is 16.7 Å². The first kappa shape index (κ1) is 17.1. The number of benzene rings is 4. The highest BCUT2D eigenvalue weighted by atomic mass is 15.3. The summed E-state index contributed by atoms with van der Waals surface area (Å²) in [7, 11) is 0. The van der Waals surface area contributed by atoms with Gasteiger partial charge in [0.2, 0.25) is 0 Å². The minimum atomic E-state index is 0.825. The Balaban J connectivity index is 1.81. The van der Waals surface area contributed by atoms with Crippen molar-refractivity contribution in [2.24, 2.45) is 0 Å². The maximum absolute atomic E-state index is 4.45. The van der Waals surface area contributed by atoms with Crippen LogP contribution in [0.4, 0.5) is 0 Å². The molecule has 0 atom stereocenters. The van der Waals surface area contributed by atoms with Gasteiger partial charge in [0.25, 0.3) is 0 Å². The fraction of sp³-hybridized carbons (Fsp3) is 0. The normalized spacial score (nSPS) is 10.8. The molecule has 0 saturated heterocycles. The molecule has 4 aromatic carbocycles. The Morgan fingerprint density at radius 2 is 0.966 bits per heavy atom. The van der Waals surface area contributed by atoms with E-state index in [2.05, 4.69) is 93.6 Å². The first-order valence-corrected chi connectivity index (χ1v) is 9.61. The summed E-state index contributed by atoms with van der Waals surface area (Å²) in [4.78, 5) is 0. The predicted octanol–water partition coefficient (Wildman–Crippen LogP) is 6.27. The van der Waals surface area contributed by atoms with Crippen LogP contribution in [0.5, 0.6) is 0 Å². The van der Waals surface area contributed by atoms with Crippen LogP contribution in [0.1, 0.15) is 0 Å². The highest BCUT2D eigenvalue weighted by molar-refractivity contribution is 5.86. The van der Waals surface area contributed by atoms with E-state index < -0.39 is 0 Å². The van der Waals surface area contributed by atoms with Crippen molar-refractivity contribution < 1.29 is 0 Å². The van der Waals surface area contributed by atoms with E-state index in [-0.39, 0.29) is 0 Å². The average molecular weight is 373 g/mol. The van der Waals surface area contributed by atoms with E-state index in [9.17, 15) is 0 Å². The second-order valence-electron chi connectivity index (χ2n) is 6.82. The number of para-hydroxylation sites is 1. The van der Waals surface area contributed by atoms with Gasteiger partial charge in [-0.1, -0.05) is 109 Å². The molecule has 0 bridgehead atoms. The monoisotopic (exact) mass is 373 g/mol. The topological polar surface area (TPSA) is 30.7 Å². The average Bonchev–Trinajstić information content (AvgIpc) is 3.30. The molecule has 0 N–H and O–H groups in total. The van der Waals surface area contributed by atoms with E-state index in [1.54, 1.807) is 6.33 Å². The van der Waals surface area contributed by atoms with Crippen molar-refractivity contribution in [2.75, 3.05) is 0 Å². The van der Waals surface area contributed by atoms with Crippen molar-refractivity contribution in [1.82, 2.24) is 14.8 Å². The van der Waals surface area contributed by atoms with Crippen LogP contribution >= 0.6 is 0 Å². The molecule has 0 aliphatic heterocycles. The van der Waals surface area contributed by atoms with Crippen LogP contribution in [0.15, 0.2) is 116 Å². The molecule has 0 aliphatic carbocycles. The second kappa shape index (κ2) is 7.56. The number of nitrogens with zero attached hydrogens (tertiary/aromatic N) is 3. The van der Waals surface area contributed by atoms with Gasteiger partial charge in [-0.05, 0) is 11.1 Å². The third-order valence-corrected chi connectivity index (χ3v) is 5.03. The van der Waals surface area contributed by atoms with Crippen molar-refractivity contribution >= 4 is 0 Å². The summed E-state index contributed by atoms with van der Waals surface area (Å²) in [6.45, 7) is 0. The highest BCUT2D eigenvalue weighted by Crippen LogP contribution is 2.37. The fourth-order valence-corrected chi connectivity index (χ4v) is 3.69. The quantitative estimate of drug-likeness (QED) is 0.372. The van der Waals surface area contributed by atoms with Crippen molar-refractivity contribution in [3.05, 3.63) is 116 Å². The van der Waals surface area contributed by atoms with Crippen LogP contribution in [0.25, 0.3) is 39.3 Å². The van der Waals surface area contributed by atoms with Crippen LogP contribution < -0.4 is 0 Å². The molecule has 3 nitrogen and oxygen atoms in total. The van der Waals surface area contributed by atoms with E-state index in [4.69, 9.17) is 0 Å². The smallest absolute Gasteiger partial charge is 0.168 e. The molecule has 0 radical (unpaired) electrons. The summed E-state index contributed by atoms with van der Waals surface area (Å²) >= 11 is 0. The molecule has 1 heterocycles. The van der Waals surface area contributed by atoms with E-state index in [0.717, 1.165) is 39.3 Å². The molecule has 29 heavy (non-hydrogen) atoms. The third kappa shape index (κ3) is 3.23. The van der Waals surface area contributed by atoms with Gasteiger partial charge in [0.05, 0.1) is 5.69 Å². The number of hydrogen-bond acceptors (Lipinski definition) is 2. The fourth-order valence-electron chi connectivity index (χ4n) is 3.69. The molecule has 3 heteroatoms. The van der Waals surface area contributed by atoms with E-state index in [1.807, 2.05) is 30.3 Å². The zero-order chi connectivity index (χ0) is 19.5. The Kier molecular flexibility index (Phi) is 4.47.